The molecule has 1 aliphatic heterocycles. The number of nitrogens with zero attached hydrogens (tertiary/aromatic N) is 1. The van der Waals surface area contributed by atoms with Crippen molar-refractivity contribution in [3.63, 3.8) is 0 Å². The Kier molecular flexibility index (Phi) is 4.59. The molecule has 0 unspecified atom stereocenters. The third-order valence-electron chi connectivity index (χ3n) is 2.31. The molecule has 0 saturated heterocycles. The second kappa shape index (κ2) is 5.73. The summed E-state index contributed by atoms with van der Waals surface area (Å²) in [5.74, 6) is 1.01. The Morgan fingerprint density at radius 3 is 2.60 bits per heavy atom. The molecule has 0 amide bonds. The van der Waals surface area contributed by atoms with E-state index in [0.717, 1.165) is 24.7 Å². The van der Waals surface area contributed by atoms with Crippen molar-refractivity contribution in [2.45, 2.75) is 13.3 Å². The number of halogens is 1. The molecule has 15 heavy (non-hydrogen) atoms. The molecule has 1 aromatic carbocycles. The molecule has 0 saturated carbocycles. The van der Waals surface area contributed by atoms with E-state index in [4.69, 9.17) is 0 Å². The standard InChI is InChI=1S/C11H15N3.ClH/c1-9-3-5-10(6-4-9)14-11-12-7-2-8-13-11;/h3-6H,2,7-8H2,1H3,(H2,12,13,14);1H. The third kappa shape index (κ3) is 3.53. The van der Waals surface area contributed by atoms with E-state index in [0.29, 0.717) is 0 Å². The van der Waals surface area contributed by atoms with Crippen molar-refractivity contribution in [3.8, 4) is 0 Å². The lowest BCUT2D eigenvalue weighted by Gasteiger charge is -2.11. The number of hydrogen-bond acceptors (Lipinski definition) is 2. The molecule has 0 atom stereocenters. The molecule has 82 valence electrons. The van der Waals surface area contributed by atoms with Gasteiger partial charge in [-0.3, -0.25) is 10.6 Å². The van der Waals surface area contributed by atoms with Gasteiger partial charge < -0.3 is 12.4 Å². The van der Waals surface area contributed by atoms with Gasteiger partial charge in [-0.05, 0) is 19.1 Å². The molecular weight excluding hydrogens is 210 g/mol. The largest absolute Gasteiger partial charge is 1.00 e. The minimum atomic E-state index is 0. The highest BCUT2D eigenvalue weighted by atomic mass is 35.5. The van der Waals surface area contributed by atoms with E-state index in [9.17, 15) is 0 Å². The van der Waals surface area contributed by atoms with Crippen molar-refractivity contribution in [2.24, 2.45) is 4.99 Å². The van der Waals surface area contributed by atoms with E-state index in [1.165, 1.54) is 12.0 Å². The lowest BCUT2D eigenvalue weighted by atomic mass is 10.2. The fraction of sp³-hybridized carbons (Fsp3) is 0.364. The highest BCUT2D eigenvalue weighted by molar-refractivity contribution is 5.86. The summed E-state index contributed by atoms with van der Waals surface area (Å²) >= 11 is 0. The molecule has 1 aromatic rings. The molecular formula is C11H16ClN3. The maximum Gasteiger partial charge on any atom is 0.298 e. The van der Waals surface area contributed by atoms with Crippen molar-refractivity contribution in [3.05, 3.63) is 29.8 Å². The van der Waals surface area contributed by atoms with Crippen molar-refractivity contribution in [1.82, 2.24) is 0 Å². The fourth-order valence-electron chi connectivity index (χ4n) is 1.47. The van der Waals surface area contributed by atoms with E-state index in [-0.39, 0.29) is 12.4 Å². The van der Waals surface area contributed by atoms with Gasteiger partial charge in [0.05, 0.1) is 13.1 Å². The summed E-state index contributed by atoms with van der Waals surface area (Å²) in [7, 11) is 0. The monoisotopic (exact) mass is 225 g/mol. The number of quaternary nitrogens is 1. The second-order valence-electron chi connectivity index (χ2n) is 3.60. The first-order valence-electron chi connectivity index (χ1n) is 5.06. The van der Waals surface area contributed by atoms with E-state index in [2.05, 4.69) is 46.8 Å². The maximum atomic E-state index is 4.40. The topological polar surface area (TPSA) is 41.0 Å². The number of hydrogen-bond donors (Lipinski definition) is 2. The van der Waals surface area contributed by atoms with Gasteiger partial charge in [-0.15, -0.1) is 0 Å². The summed E-state index contributed by atoms with van der Waals surface area (Å²) in [4.78, 5) is 4.40. The first kappa shape index (κ1) is 12.0. The third-order valence-corrected chi connectivity index (χ3v) is 2.31. The van der Waals surface area contributed by atoms with E-state index in [1.807, 2.05) is 0 Å². The summed E-state index contributed by atoms with van der Waals surface area (Å²) in [6.45, 7) is 4.18. The van der Waals surface area contributed by atoms with Crippen LogP contribution in [-0.4, -0.2) is 19.0 Å². The molecule has 0 bridgehead atoms. The van der Waals surface area contributed by atoms with Crippen LogP contribution in [0.5, 0.6) is 0 Å². The summed E-state index contributed by atoms with van der Waals surface area (Å²) in [6, 6.07) is 8.37. The van der Waals surface area contributed by atoms with Crippen LogP contribution in [0.3, 0.4) is 0 Å². The number of nitrogens with two attached hydrogens (primary N) is 1. The molecule has 0 aromatic heterocycles. The number of aryl methyl sites for hydroxylation is 1. The molecule has 0 spiro atoms. The van der Waals surface area contributed by atoms with Gasteiger partial charge in [0.25, 0.3) is 5.96 Å². The second-order valence-corrected chi connectivity index (χ2v) is 3.60. The minimum absolute atomic E-state index is 0. The summed E-state index contributed by atoms with van der Waals surface area (Å²) in [5.41, 5.74) is 2.40. The molecule has 3 N–H and O–H groups in total. The zero-order valence-electron chi connectivity index (χ0n) is 8.83. The van der Waals surface area contributed by atoms with Crippen LogP contribution in [0, 0.1) is 6.92 Å². The van der Waals surface area contributed by atoms with Gasteiger partial charge >= 0.3 is 0 Å². The van der Waals surface area contributed by atoms with Crippen LogP contribution >= 0.6 is 0 Å². The Labute approximate surface area is 96.4 Å². The van der Waals surface area contributed by atoms with Crippen LogP contribution in [0.25, 0.3) is 0 Å². The number of benzene rings is 1. The van der Waals surface area contributed by atoms with Gasteiger partial charge in [0.15, 0.2) is 0 Å². The Hall–Kier alpha value is -1.06. The van der Waals surface area contributed by atoms with Gasteiger partial charge in [0.1, 0.15) is 0 Å². The summed E-state index contributed by atoms with van der Waals surface area (Å²) in [6.07, 6.45) is 1.18. The first-order chi connectivity index (χ1) is 6.84. The van der Waals surface area contributed by atoms with Crippen LogP contribution in [0.1, 0.15) is 12.0 Å². The van der Waals surface area contributed by atoms with Crippen molar-refractivity contribution >= 4 is 11.6 Å². The average Bonchev–Trinajstić information content (AvgIpc) is 2.23. The molecule has 0 fully saturated rings. The van der Waals surface area contributed by atoms with Gasteiger partial charge in [0.2, 0.25) is 0 Å². The van der Waals surface area contributed by atoms with Crippen LogP contribution in [0.4, 0.5) is 5.69 Å². The summed E-state index contributed by atoms with van der Waals surface area (Å²) < 4.78 is 0. The van der Waals surface area contributed by atoms with Gasteiger partial charge in [0, 0.05) is 12.1 Å². The lowest BCUT2D eigenvalue weighted by Crippen LogP contribution is -3.00. The van der Waals surface area contributed by atoms with Gasteiger partial charge in [-0.1, -0.05) is 17.7 Å². The number of nitrogens with one attached hydrogen (secondary N) is 1. The molecule has 1 heterocycles. The number of rotatable bonds is 1. The van der Waals surface area contributed by atoms with Crippen LogP contribution < -0.4 is 23.0 Å². The maximum absolute atomic E-state index is 4.40. The van der Waals surface area contributed by atoms with Crippen LogP contribution in [-0.2, 0) is 0 Å². The smallest absolute Gasteiger partial charge is 0.298 e. The minimum Gasteiger partial charge on any atom is -1.00 e. The fourth-order valence-corrected chi connectivity index (χ4v) is 1.47. The zero-order chi connectivity index (χ0) is 9.80. The molecule has 1 aliphatic rings. The Morgan fingerprint density at radius 2 is 2.00 bits per heavy atom. The SMILES string of the molecule is Cc1ccc(NC2=NCCC[NH2+]2)cc1.[Cl-]. The van der Waals surface area contributed by atoms with Crippen molar-refractivity contribution < 1.29 is 17.7 Å². The number of guanidine groups is 1. The van der Waals surface area contributed by atoms with Gasteiger partial charge in [-0.2, -0.15) is 0 Å². The molecule has 0 radical (unpaired) electrons. The van der Waals surface area contributed by atoms with Crippen molar-refractivity contribution in [1.29, 1.82) is 0 Å². The van der Waals surface area contributed by atoms with Crippen molar-refractivity contribution in [2.75, 3.05) is 18.4 Å². The molecule has 0 aliphatic carbocycles. The normalized spacial score (nSPS) is 15.1. The predicted molar refractivity (Wildman–Crippen MR) is 58.5 cm³/mol. The Bertz CT molecular complexity index is 332. The number of anilines is 1. The lowest BCUT2D eigenvalue weighted by molar-refractivity contribution is -0.543. The number of aliphatic imine (C=N–C) groups is 1. The highest BCUT2D eigenvalue weighted by Gasteiger charge is 2.07. The highest BCUT2D eigenvalue weighted by Crippen LogP contribution is 2.07. The predicted octanol–water partition coefficient (Wildman–Crippen LogP) is -2.27. The average molecular weight is 226 g/mol. The quantitative estimate of drug-likeness (QED) is 0.557. The molecule has 3 nitrogen and oxygen atoms in total. The summed E-state index contributed by atoms with van der Waals surface area (Å²) in [5, 5.41) is 5.46. The molecule has 4 heteroatoms. The first-order valence-corrected chi connectivity index (χ1v) is 5.06. The Balaban J connectivity index is 0.00000112. The van der Waals surface area contributed by atoms with Gasteiger partial charge in [-0.25, -0.2) is 4.99 Å². The zero-order valence-corrected chi connectivity index (χ0v) is 9.59. The molecule has 2 rings (SSSR count). The van der Waals surface area contributed by atoms with E-state index >= 15 is 0 Å². The van der Waals surface area contributed by atoms with Crippen LogP contribution in [0.2, 0.25) is 0 Å². The Morgan fingerprint density at radius 1 is 1.27 bits per heavy atom. The van der Waals surface area contributed by atoms with E-state index < -0.39 is 0 Å². The van der Waals surface area contributed by atoms with Crippen LogP contribution in [0.15, 0.2) is 29.3 Å². The van der Waals surface area contributed by atoms with E-state index in [1.54, 1.807) is 0 Å².